The number of ketones is 1. The topological polar surface area (TPSA) is 69.6 Å². The fraction of sp³-hybridized carbons (Fsp3) is 0.533. The standard InChI is InChI=1S/C30H36ClF3N2O3/c1-19(37)22(16-21-17-25(30(32,33)34)28(38)26(31)18-21)6-4-5-13-36-14-11-20(12-15-36)9-10-24-23-7-2-3-8-27(23)35-29(24)39/h2-3,7-8,17-18,20,22,24,38H,4-6,9-16H2,1H3,(H,35,39)/t22-,24?/m1/s1. The average molecular weight is 565 g/mol. The number of phenolic OH excluding ortho intramolecular Hbond substituents is 1. The number of alkyl halides is 3. The van der Waals surface area contributed by atoms with E-state index in [1.54, 1.807) is 0 Å². The normalized spacial score (nSPS) is 19.1. The van der Waals surface area contributed by atoms with Crippen LogP contribution in [0.4, 0.5) is 18.9 Å². The monoisotopic (exact) mass is 564 g/mol. The van der Waals surface area contributed by atoms with E-state index in [4.69, 9.17) is 11.6 Å². The lowest BCUT2D eigenvalue weighted by Crippen LogP contribution is -2.34. The summed E-state index contributed by atoms with van der Waals surface area (Å²) in [6, 6.07) is 10.1. The molecule has 0 aliphatic carbocycles. The number of Topliss-reactive ketones (excluding diaryl/α,β-unsaturated/α-hetero) is 1. The van der Waals surface area contributed by atoms with Crippen molar-refractivity contribution in [2.45, 2.75) is 70.4 Å². The van der Waals surface area contributed by atoms with E-state index in [1.165, 1.54) is 13.0 Å². The first-order valence-corrected chi connectivity index (χ1v) is 14.1. The van der Waals surface area contributed by atoms with E-state index in [0.29, 0.717) is 17.9 Å². The number of nitrogens with one attached hydrogen (secondary N) is 1. The predicted octanol–water partition coefficient (Wildman–Crippen LogP) is 7.21. The van der Waals surface area contributed by atoms with Crippen molar-refractivity contribution in [1.29, 1.82) is 0 Å². The number of rotatable bonds is 11. The lowest BCUT2D eigenvalue weighted by atomic mass is 9.86. The van der Waals surface area contributed by atoms with Crippen LogP contribution >= 0.6 is 11.6 Å². The number of halogens is 4. The minimum absolute atomic E-state index is 0.0499. The second-order valence-electron chi connectivity index (χ2n) is 11.0. The molecule has 212 valence electrons. The van der Waals surface area contributed by atoms with E-state index in [0.717, 1.165) is 75.5 Å². The van der Waals surface area contributed by atoms with Crippen LogP contribution in [0.2, 0.25) is 5.02 Å². The summed E-state index contributed by atoms with van der Waals surface area (Å²) in [6.07, 6.45) is 1.87. The molecule has 9 heteroatoms. The number of anilines is 1. The third kappa shape index (κ3) is 7.54. The Labute approximate surface area is 232 Å². The van der Waals surface area contributed by atoms with Crippen molar-refractivity contribution in [1.82, 2.24) is 4.90 Å². The number of hydrogen-bond acceptors (Lipinski definition) is 4. The van der Waals surface area contributed by atoms with Crippen molar-refractivity contribution in [3.05, 3.63) is 58.1 Å². The van der Waals surface area contributed by atoms with Gasteiger partial charge in [0.15, 0.2) is 0 Å². The van der Waals surface area contributed by atoms with Gasteiger partial charge in [0.2, 0.25) is 5.91 Å². The molecule has 4 rings (SSSR count). The fourth-order valence-electron chi connectivity index (χ4n) is 5.91. The van der Waals surface area contributed by atoms with Crippen LogP contribution in [0.1, 0.15) is 74.5 Å². The lowest BCUT2D eigenvalue weighted by molar-refractivity contribution is -0.138. The number of hydrogen-bond donors (Lipinski definition) is 2. The number of unbranched alkanes of at least 4 members (excludes halogenated alkanes) is 1. The van der Waals surface area contributed by atoms with E-state index >= 15 is 0 Å². The van der Waals surface area contributed by atoms with Crippen LogP contribution in [0.3, 0.4) is 0 Å². The number of nitrogens with zero attached hydrogens (tertiary/aromatic N) is 1. The van der Waals surface area contributed by atoms with E-state index < -0.39 is 23.4 Å². The van der Waals surface area contributed by atoms with Crippen molar-refractivity contribution >= 4 is 29.0 Å². The Morgan fingerprint density at radius 1 is 1.15 bits per heavy atom. The SMILES string of the molecule is CC(=O)[C@H](CCCCN1CCC(CCC2C(=O)Nc3ccccc32)CC1)Cc1cc(Cl)c(O)c(C(F)(F)F)c1. The molecule has 0 radical (unpaired) electrons. The smallest absolute Gasteiger partial charge is 0.420 e. The second kappa shape index (κ2) is 12.7. The molecule has 1 amide bonds. The van der Waals surface area contributed by atoms with Crippen LogP contribution in [-0.2, 0) is 22.2 Å². The number of aromatic hydroxyl groups is 1. The zero-order valence-corrected chi connectivity index (χ0v) is 23.0. The average Bonchev–Trinajstić information content (AvgIpc) is 3.21. The number of benzene rings is 2. The summed E-state index contributed by atoms with van der Waals surface area (Å²) in [7, 11) is 0. The third-order valence-corrected chi connectivity index (χ3v) is 8.53. The van der Waals surface area contributed by atoms with Gasteiger partial charge < -0.3 is 15.3 Å². The summed E-state index contributed by atoms with van der Waals surface area (Å²) in [5.74, 6) is -0.770. The van der Waals surface area contributed by atoms with Gasteiger partial charge in [-0.25, -0.2) is 0 Å². The minimum atomic E-state index is -4.72. The van der Waals surface area contributed by atoms with Crippen LogP contribution in [0, 0.1) is 11.8 Å². The molecule has 2 aliphatic heterocycles. The number of carbonyl (C=O) groups excluding carboxylic acids is 2. The number of piperidine rings is 1. The van der Waals surface area contributed by atoms with Crippen LogP contribution < -0.4 is 5.32 Å². The second-order valence-corrected chi connectivity index (χ2v) is 11.4. The number of carbonyl (C=O) groups is 2. The first-order chi connectivity index (χ1) is 18.5. The zero-order valence-electron chi connectivity index (χ0n) is 22.2. The fourth-order valence-corrected chi connectivity index (χ4v) is 6.15. The number of likely N-dealkylation sites (tertiary alicyclic amines) is 1. The first kappa shape index (κ1) is 29.4. The Kier molecular flexibility index (Phi) is 9.60. The van der Waals surface area contributed by atoms with Crippen molar-refractivity contribution in [2.75, 3.05) is 25.0 Å². The highest BCUT2D eigenvalue weighted by Crippen LogP contribution is 2.41. The Morgan fingerprint density at radius 3 is 2.56 bits per heavy atom. The van der Waals surface area contributed by atoms with Crippen LogP contribution in [0.15, 0.2) is 36.4 Å². The number of fused-ring (bicyclic) bond motifs is 1. The van der Waals surface area contributed by atoms with Crippen molar-refractivity contribution in [3.8, 4) is 5.75 Å². The highest BCUT2D eigenvalue weighted by atomic mass is 35.5. The Hall–Kier alpha value is -2.58. The predicted molar refractivity (Wildman–Crippen MR) is 146 cm³/mol. The maximum Gasteiger partial charge on any atom is 0.420 e. The molecule has 0 aromatic heterocycles. The molecule has 2 aliphatic rings. The van der Waals surface area contributed by atoms with Gasteiger partial charge in [-0.3, -0.25) is 9.59 Å². The maximum atomic E-state index is 13.2. The van der Waals surface area contributed by atoms with E-state index in [-0.39, 0.29) is 29.1 Å². The van der Waals surface area contributed by atoms with Crippen molar-refractivity contribution in [2.24, 2.45) is 11.8 Å². The van der Waals surface area contributed by atoms with Gasteiger partial charge in [-0.2, -0.15) is 13.2 Å². The van der Waals surface area contributed by atoms with Crippen molar-refractivity contribution in [3.63, 3.8) is 0 Å². The van der Waals surface area contributed by atoms with Gasteiger partial charge in [-0.15, -0.1) is 0 Å². The number of para-hydroxylation sites is 1. The molecule has 1 fully saturated rings. The summed E-state index contributed by atoms with van der Waals surface area (Å²) in [4.78, 5) is 27.0. The third-order valence-electron chi connectivity index (χ3n) is 8.24. The van der Waals surface area contributed by atoms with Gasteiger partial charge in [0.1, 0.15) is 11.5 Å². The van der Waals surface area contributed by atoms with Gasteiger partial charge in [0.25, 0.3) is 0 Å². The molecular weight excluding hydrogens is 529 g/mol. The zero-order chi connectivity index (χ0) is 28.2. The quantitative estimate of drug-likeness (QED) is 0.283. The molecule has 0 saturated carbocycles. The van der Waals surface area contributed by atoms with E-state index in [9.17, 15) is 27.9 Å². The molecule has 5 nitrogen and oxygen atoms in total. The molecule has 2 atom stereocenters. The Bertz CT molecular complexity index is 1180. The van der Waals surface area contributed by atoms with E-state index in [1.807, 2.05) is 24.3 Å². The molecule has 2 N–H and O–H groups in total. The molecule has 0 bridgehead atoms. The maximum absolute atomic E-state index is 13.2. The van der Waals surface area contributed by atoms with Gasteiger partial charge in [-0.1, -0.05) is 36.2 Å². The van der Waals surface area contributed by atoms with Crippen LogP contribution in [0.5, 0.6) is 5.75 Å². The van der Waals surface area contributed by atoms with Gasteiger partial charge >= 0.3 is 6.18 Å². The molecular formula is C30H36ClF3N2O3. The molecule has 1 unspecified atom stereocenters. The largest absolute Gasteiger partial charge is 0.506 e. The molecule has 2 aromatic rings. The Morgan fingerprint density at radius 2 is 1.87 bits per heavy atom. The number of phenols is 1. The minimum Gasteiger partial charge on any atom is -0.506 e. The highest BCUT2D eigenvalue weighted by molar-refractivity contribution is 6.32. The molecule has 0 spiro atoms. The van der Waals surface area contributed by atoms with Crippen LogP contribution in [-0.4, -0.2) is 41.3 Å². The summed E-state index contributed by atoms with van der Waals surface area (Å²) < 4.78 is 39.7. The molecule has 2 heterocycles. The summed E-state index contributed by atoms with van der Waals surface area (Å²) in [6.45, 7) is 4.43. The Balaban J connectivity index is 1.18. The van der Waals surface area contributed by atoms with Crippen LogP contribution in [0.25, 0.3) is 0 Å². The lowest BCUT2D eigenvalue weighted by Gasteiger charge is -2.32. The molecule has 1 saturated heterocycles. The molecule has 39 heavy (non-hydrogen) atoms. The van der Waals surface area contributed by atoms with Gasteiger partial charge in [0.05, 0.1) is 16.5 Å². The summed E-state index contributed by atoms with van der Waals surface area (Å²) >= 11 is 5.83. The molecule has 2 aromatic carbocycles. The van der Waals surface area contributed by atoms with Gasteiger partial charge in [0, 0.05) is 11.6 Å². The first-order valence-electron chi connectivity index (χ1n) is 13.7. The highest BCUT2D eigenvalue weighted by Gasteiger charge is 2.35. The van der Waals surface area contributed by atoms with Gasteiger partial charge in [-0.05, 0) is 107 Å². The summed E-state index contributed by atoms with van der Waals surface area (Å²) in [5, 5.41) is 12.3. The van der Waals surface area contributed by atoms with Crippen molar-refractivity contribution < 1.29 is 27.9 Å². The number of amides is 1. The summed E-state index contributed by atoms with van der Waals surface area (Å²) in [5.41, 5.74) is 1.17. The van der Waals surface area contributed by atoms with E-state index in [2.05, 4.69) is 10.2 Å².